The first-order valence-electron chi connectivity index (χ1n) is 5.32. The molecule has 0 spiro atoms. The van der Waals surface area contributed by atoms with Crippen LogP contribution in [0.1, 0.15) is 11.3 Å². The van der Waals surface area contributed by atoms with Crippen LogP contribution in [0.25, 0.3) is 5.69 Å². The van der Waals surface area contributed by atoms with E-state index in [9.17, 15) is 0 Å². The minimum Gasteiger partial charge on any atom is -0.330 e. The SMILES string of the molecule is Cc1nn(-c2ccc(Cl)cc2CCN)cc1Cl. The van der Waals surface area contributed by atoms with Crippen LogP contribution in [-0.2, 0) is 6.42 Å². The Balaban J connectivity index is 2.50. The number of rotatable bonds is 3. The first kappa shape index (κ1) is 12.4. The highest BCUT2D eigenvalue weighted by atomic mass is 35.5. The second-order valence-electron chi connectivity index (χ2n) is 3.82. The maximum absolute atomic E-state index is 6.01. The molecule has 5 heteroatoms. The predicted molar refractivity (Wildman–Crippen MR) is 71.1 cm³/mol. The Morgan fingerprint density at radius 1 is 1.35 bits per heavy atom. The third-order valence-corrected chi connectivity index (χ3v) is 3.15. The van der Waals surface area contributed by atoms with Gasteiger partial charge in [0.15, 0.2) is 0 Å². The number of benzene rings is 1. The number of aryl methyl sites for hydroxylation is 1. The summed E-state index contributed by atoms with van der Waals surface area (Å²) in [7, 11) is 0. The van der Waals surface area contributed by atoms with Crippen LogP contribution in [0.2, 0.25) is 10.0 Å². The molecule has 0 aliphatic carbocycles. The Bertz CT molecular complexity index is 515. The van der Waals surface area contributed by atoms with Gasteiger partial charge in [0.2, 0.25) is 0 Å². The van der Waals surface area contributed by atoms with Crippen LogP contribution < -0.4 is 5.73 Å². The molecule has 0 amide bonds. The first-order valence-corrected chi connectivity index (χ1v) is 6.08. The maximum atomic E-state index is 6.01. The van der Waals surface area contributed by atoms with Crippen molar-refractivity contribution in [3.8, 4) is 5.69 Å². The highest BCUT2D eigenvalue weighted by Crippen LogP contribution is 2.22. The number of hydrogen-bond donors (Lipinski definition) is 1. The van der Waals surface area contributed by atoms with Gasteiger partial charge in [-0.1, -0.05) is 23.2 Å². The van der Waals surface area contributed by atoms with Crippen LogP contribution in [0.5, 0.6) is 0 Å². The van der Waals surface area contributed by atoms with Crippen LogP contribution in [0.15, 0.2) is 24.4 Å². The summed E-state index contributed by atoms with van der Waals surface area (Å²) in [6.45, 7) is 2.44. The number of halogens is 2. The van der Waals surface area contributed by atoms with E-state index in [1.165, 1.54) is 0 Å². The van der Waals surface area contributed by atoms with E-state index in [1.807, 2.05) is 25.1 Å². The number of nitrogens with two attached hydrogens (primary N) is 1. The van der Waals surface area contributed by atoms with Gasteiger partial charge in [-0.2, -0.15) is 5.10 Å². The minimum absolute atomic E-state index is 0.571. The van der Waals surface area contributed by atoms with Crippen molar-refractivity contribution in [1.82, 2.24) is 9.78 Å². The van der Waals surface area contributed by atoms with Gasteiger partial charge in [0.1, 0.15) is 0 Å². The zero-order chi connectivity index (χ0) is 12.4. The number of nitrogens with zero attached hydrogens (tertiary/aromatic N) is 2. The Hall–Kier alpha value is -1.03. The predicted octanol–water partition coefficient (Wildman–Crippen LogP) is 2.99. The lowest BCUT2D eigenvalue weighted by atomic mass is 10.1. The number of hydrogen-bond acceptors (Lipinski definition) is 2. The summed E-state index contributed by atoms with van der Waals surface area (Å²) >= 11 is 12.0. The molecule has 0 saturated carbocycles. The second kappa shape index (κ2) is 5.08. The fraction of sp³-hybridized carbons (Fsp3) is 0.250. The standard InChI is InChI=1S/C12H13Cl2N3/c1-8-11(14)7-17(16-8)12-3-2-10(13)6-9(12)4-5-15/h2-3,6-7H,4-5,15H2,1H3. The summed E-state index contributed by atoms with van der Waals surface area (Å²) in [5, 5.41) is 5.71. The van der Waals surface area contributed by atoms with E-state index >= 15 is 0 Å². The van der Waals surface area contributed by atoms with Gasteiger partial charge >= 0.3 is 0 Å². The largest absolute Gasteiger partial charge is 0.330 e. The summed E-state index contributed by atoms with van der Waals surface area (Å²) < 4.78 is 1.76. The van der Waals surface area contributed by atoms with E-state index in [0.29, 0.717) is 16.6 Å². The topological polar surface area (TPSA) is 43.8 Å². The summed E-state index contributed by atoms with van der Waals surface area (Å²) in [4.78, 5) is 0. The maximum Gasteiger partial charge on any atom is 0.0819 e. The fourth-order valence-electron chi connectivity index (χ4n) is 1.70. The summed E-state index contributed by atoms with van der Waals surface area (Å²) in [5.41, 5.74) is 8.44. The highest BCUT2D eigenvalue weighted by molar-refractivity contribution is 6.31. The molecule has 0 bridgehead atoms. The Morgan fingerprint density at radius 3 is 2.71 bits per heavy atom. The molecule has 0 aliphatic rings. The fourth-order valence-corrected chi connectivity index (χ4v) is 2.02. The summed E-state index contributed by atoms with van der Waals surface area (Å²) in [6.07, 6.45) is 2.55. The first-order chi connectivity index (χ1) is 8.11. The van der Waals surface area contributed by atoms with Crippen LogP contribution in [0.4, 0.5) is 0 Å². The normalized spacial score (nSPS) is 10.8. The van der Waals surface area contributed by atoms with Crippen molar-refractivity contribution in [2.45, 2.75) is 13.3 Å². The van der Waals surface area contributed by atoms with E-state index in [2.05, 4.69) is 5.10 Å². The van der Waals surface area contributed by atoms with Crippen LogP contribution in [0.3, 0.4) is 0 Å². The van der Waals surface area contributed by atoms with E-state index in [4.69, 9.17) is 28.9 Å². The van der Waals surface area contributed by atoms with Gasteiger partial charge in [0.25, 0.3) is 0 Å². The van der Waals surface area contributed by atoms with E-state index in [1.54, 1.807) is 10.9 Å². The van der Waals surface area contributed by atoms with E-state index in [0.717, 1.165) is 23.4 Å². The van der Waals surface area contributed by atoms with Crippen LogP contribution in [0, 0.1) is 6.92 Å². The van der Waals surface area contributed by atoms with Gasteiger partial charge in [-0.15, -0.1) is 0 Å². The molecule has 0 unspecified atom stereocenters. The molecule has 2 rings (SSSR count). The Kier molecular flexibility index (Phi) is 3.72. The zero-order valence-corrected chi connectivity index (χ0v) is 11.0. The lowest BCUT2D eigenvalue weighted by Gasteiger charge is -2.09. The van der Waals surface area contributed by atoms with Crippen LogP contribution in [-0.4, -0.2) is 16.3 Å². The van der Waals surface area contributed by atoms with Crippen molar-refractivity contribution < 1.29 is 0 Å². The highest BCUT2D eigenvalue weighted by Gasteiger charge is 2.08. The van der Waals surface area contributed by atoms with E-state index < -0.39 is 0 Å². The van der Waals surface area contributed by atoms with Gasteiger partial charge in [0, 0.05) is 11.2 Å². The van der Waals surface area contributed by atoms with Crippen molar-refractivity contribution in [2.24, 2.45) is 5.73 Å². The third kappa shape index (κ3) is 2.63. The van der Waals surface area contributed by atoms with Gasteiger partial charge in [-0.05, 0) is 43.7 Å². The molecular weight excluding hydrogens is 257 g/mol. The Morgan fingerprint density at radius 2 is 2.12 bits per heavy atom. The average molecular weight is 270 g/mol. The average Bonchev–Trinajstić information content (AvgIpc) is 2.60. The van der Waals surface area contributed by atoms with Crippen molar-refractivity contribution in [1.29, 1.82) is 0 Å². The monoisotopic (exact) mass is 269 g/mol. The molecule has 2 aromatic rings. The van der Waals surface area contributed by atoms with Crippen molar-refractivity contribution in [3.63, 3.8) is 0 Å². The summed E-state index contributed by atoms with van der Waals surface area (Å²) in [6, 6.07) is 5.67. The molecule has 1 aromatic heterocycles. The van der Waals surface area contributed by atoms with E-state index in [-0.39, 0.29) is 0 Å². The number of aromatic nitrogens is 2. The van der Waals surface area contributed by atoms with Gasteiger partial charge in [-0.25, -0.2) is 4.68 Å². The Labute approximate surface area is 110 Å². The molecular formula is C12H13Cl2N3. The van der Waals surface area contributed by atoms with Crippen molar-refractivity contribution >= 4 is 23.2 Å². The molecule has 0 radical (unpaired) electrons. The molecule has 3 nitrogen and oxygen atoms in total. The lowest BCUT2D eigenvalue weighted by Crippen LogP contribution is -2.07. The molecule has 17 heavy (non-hydrogen) atoms. The van der Waals surface area contributed by atoms with Gasteiger partial charge in [0.05, 0.1) is 16.4 Å². The quantitative estimate of drug-likeness (QED) is 0.931. The molecule has 0 atom stereocenters. The molecule has 0 saturated heterocycles. The smallest absolute Gasteiger partial charge is 0.0819 e. The lowest BCUT2D eigenvalue weighted by molar-refractivity contribution is 0.838. The molecule has 0 fully saturated rings. The summed E-state index contributed by atoms with van der Waals surface area (Å²) in [5.74, 6) is 0. The van der Waals surface area contributed by atoms with Gasteiger partial charge < -0.3 is 5.73 Å². The molecule has 2 N–H and O–H groups in total. The third-order valence-electron chi connectivity index (χ3n) is 2.54. The molecule has 1 heterocycles. The molecule has 1 aromatic carbocycles. The van der Waals surface area contributed by atoms with Gasteiger partial charge in [-0.3, -0.25) is 0 Å². The minimum atomic E-state index is 0.571. The van der Waals surface area contributed by atoms with Crippen LogP contribution >= 0.6 is 23.2 Å². The van der Waals surface area contributed by atoms with Crippen molar-refractivity contribution in [3.05, 3.63) is 45.7 Å². The second-order valence-corrected chi connectivity index (χ2v) is 4.66. The molecule has 0 aliphatic heterocycles. The molecule has 90 valence electrons. The zero-order valence-electron chi connectivity index (χ0n) is 9.45. The van der Waals surface area contributed by atoms with Crippen molar-refractivity contribution in [2.75, 3.05) is 6.54 Å².